The first-order valence-corrected chi connectivity index (χ1v) is 10.3. The number of nitrogens with zero attached hydrogens (tertiary/aromatic N) is 1. The molecule has 1 amide bonds. The van der Waals surface area contributed by atoms with E-state index >= 15 is 0 Å². The van der Waals surface area contributed by atoms with Crippen LogP contribution in [0, 0.1) is 6.92 Å². The van der Waals surface area contributed by atoms with E-state index in [1.165, 1.54) is 20.9 Å². The number of aryl methyl sites for hydroxylation is 1. The highest BCUT2D eigenvalue weighted by molar-refractivity contribution is 7.98. The van der Waals surface area contributed by atoms with Gasteiger partial charge in [0.05, 0.1) is 26.2 Å². The number of quaternary nitrogens is 1. The summed E-state index contributed by atoms with van der Waals surface area (Å²) in [6, 6.07) is 16.6. The van der Waals surface area contributed by atoms with Gasteiger partial charge in [0.2, 0.25) is 0 Å². The number of ether oxygens (including phenoxy) is 1. The molecule has 0 aromatic heterocycles. The van der Waals surface area contributed by atoms with Gasteiger partial charge in [-0.2, -0.15) is 0 Å². The number of amides is 1. The van der Waals surface area contributed by atoms with E-state index in [0.29, 0.717) is 0 Å². The van der Waals surface area contributed by atoms with Gasteiger partial charge >= 0.3 is 0 Å². The molecule has 1 heterocycles. The Morgan fingerprint density at radius 1 is 1.08 bits per heavy atom. The minimum atomic E-state index is 0.0777. The minimum absolute atomic E-state index is 0.0777. The van der Waals surface area contributed by atoms with Crippen LogP contribution in [-0.2, 0) is 11.3 Å². The molecular formula is C21H27N2O2S+. The van der Waals surface area contributed by atoms with Crippen LogP contribution in [0.4, 0.5) is 0 Å². The zero-order valence-electron chi connectivity index (χ0n) is 15.5. The highest BCUT2D eigenvalue weighted by Crippen LogP contribution is 2.14. The highest BCUT2D eigenvalue weighted by atomic mass is 32.2. The summed E-state index contributed by atoms with van der Waals surface area (Å²) in [4.78, 5) is 17.1. The molecule has 2 aromatic carbocycles. The van der Waals surface area contributed by atoms with E-state index in [0.717, 1.165) is 38.5 Å². The van der Waals surface area contributed by atoms with Gasteiger partial charge in [-0.15, -0.1) is 11.8 Å². The predicted octanol–water partition coefficient (Wildman–Crippen LogP) is 2.02. The number of carbonyl (C=O) groups excluding carboxylic acids is 1. The van der Waals surface area contributed by atoms with Crippen LogP contribution in [0.3, 0.4) is 0 Å². The van der Waals surface area contributed by atoms with E-state index < -0.39 is 0 Å². The fourth-order valence-electron chi connectivity index (χ4n) is 3.15. The second-order valence-electron chi connectivity index (χ2n) is 6.76. The summed E-state index contributed by atoms with van der Waals surface area (Å²) in [6.45, 7) is 6.75. The summed E-state index contributed by atoms with van der Waals surface area (Å²) in [7, 11) is 0. The van der Waals surface area contributed by atoms with Gasteiger partial charge in [-0.3, -0.25) is 4.79 Å². The number of carbonyl (C=O) groups is 1. The Morgan fingerprint density at radius 3 is 2.35 bits per heavy atom. The van der Waals surface area contributed by atoms with Crippen LogP contribution >= 0.6 is 11.8 Å². The van der Waals surface area contributed by atoms with Crippen molar-refractivity contribution in [3.8, 4) is 5.75 Å². The van der Waals surface area contributed by atoms with E-state index in [1.807, 2.05) is 36.1 Å². The quantitative estimate of drug-likeness (QED) is 0.789. The summed E-state index contributed by atoms with van der Waals surface area (Å²) < 4.78 is 5.62. The third-order valence-corrected chi connectivity index (χ3v) is 5.56. The Kier molecular flexibility index (Phi) is 6.58. The largest absolute Gasteiger partial charge is 0.484 e. The maximum absolute atomic E-state index is 12.4. The molecule has 1 fully saturated rings. The molecule has 0 bridgehead atoms. The lowest BCUT2D eigenvalue weighted by Crippen LogP contribution is -3.13. The lowest BCUT2D eigenvalue weighted by molar-refractivity contribution is -0.917. The summed E-state index contributed by atoms with van der Waals surface area (Å²) in [5, 5.41) is 0. The molecule has 2 aromatic rings. The average molecular weight is 372 g/mol. The summed E-state index contributed by atoms with van der Waals surface area (Å²) in [6.07, 6.45) is 2.10. The molecule has 26 heavy (non-hydrogen) atoms. The fourth-order valence-corrected chi connectivity index (χ4v) is 3.56. The van der Waals surface area contributed by atoms with E-state index in [4.69, 9.17) is 4.74 Å². The maximum Gasteiger partial charge on any atom is 0.260 e. The zero-order valence-corrected chi connectivity index (χ0v) is 16.3. The van der Waals surface area contributed by atoms with Crippen molar-refractivity contribution in [1.82, 2.24) is 4.90 Å². The Morgan fingerprint density at radius 2 is 1.73 bits per heavy atom. The predicted molar refractivity (Wildman–Crippen MR) is 106 cm³/mol. The third-order valence-electron chi connectivity index (χ3n) is 4.82. The van der Waals surface area contributed by atoms with Crippen molar-refractivity contribution in [1.29, 1.82) is 0 Å². The molecule has 5 heteroatoms. The van der Waals surface area contributed by atoms with Gasteiger partial charge in [-0.25, -0.2) is 0 Å². The molecule has 0 spiro atoms. The summed E-state index contributed by atoms with van der Waals surface area (Å²) in [5.74, 6) is 0.829. The molecule has 4 nitrogen and oxygen atoms in total. The number of thioether (sulfide) groups is 1. The number of hydrogen-bond acceptors (Lipinski definition) is 3. The van der Waals surface area contributed by atoms with E-state index in [9.17, 15) is 4.79 Å². The number of benzene rings is 2. The number of piperazine rings is 1. The van der Waals surface area contributed by atoms with Crippen LogP contribution < -0.4 is 9.64 Å². The summed E-state index contributed by atoms with van der Waals surface area (Å²) >= 11 is 1.77. The van der Waals surface area contributed by atoms with Crippen molar-refractivity contribution in [3.05, 3.63) is 59.7 Å². The van der Waals surface area contributed by atoms with E-state index in [1.54, 1.807) is 11.8 Å². The van der Waals surface area contributed by atoms with Crippen LogP contribution in [-0.4, -0.2) is 49.8 Å². The molecule has 1 aliphatic rings. The highest BCUT2D eigenvalue weighted by Gasteiger charge is 2.24. The first-order valence-electron chi connectivity index (χ1n) is 9.08. The van der Waals surface area contributed by atoms with Crippen LogP contribution in [0.15, 0.2) is 53.4 Å². The molecule has 3 rings (SSSR count). The second kappa shape index (κ2) is 9.10. The average Bonchev–Trinajstić information content (AvgIpc) is 2.68. The van der Waals surface area contributed by atoms with Gasteiger partial charge in [0.25, 0.3) is 5.91 Å². The van der Waals surface area contributed by atoms with Crippen LogP contribution in [0.25, 0.3) is 0 Å². The van der Waals surface area contributed by atoms with Gasteiger partial charge in [0, 0.05) is 10.5 Å². The maximum atomic E-state index is 12.4. The smallest absolute Gasteiger partial charge is 0.260 e. The first kappa shape index (κ1) is 18.8. The standard InChI is InChI=1S/C21H26N2O2S/c1-17-3-7-19(8-4-17)25-16-21(24)23-13-11-22(12-14-23)15-18-5-9-20(26-2)10-6-18/h3-10H,11-16H2,1-2H3/p+1. The molecule has 138 valence electrons. The first-order chi connectivity index (χ1) is 12.6. The van der Waals surface area contributed by atoms with Crippen LogP contribution in [0.2, 0.25) is 0 Å². The fraction of sp³-hybridized carbons (Fsp3) is 0.381. The van der Waals surface area contributed by atoms with Gasteiger partial charge in [-0.1, -0.05) is 29.8 Å². The van der Waals surface area contributed by atoms with E-state index in [-0.39, 0.29) is 12.5 Å². The Labute approximate surface area is 160 Å². The van der Waals surface area contributed by atoms with Crippen molar-refractivity contribution in [2.75, 3.05) is 39.0 Å². The van der Waals surface area contributed by atoms with Gasteiger partial charge < -0.3 is 14.5 Å². The minimum Gasteiger partial charge on any atom is -0.484 e. The van der Waals surface area contributed by atoms with E-state index in [2.05, 4.69) is 30.5 Å². The molecule has 1 aliphatic heterocycles. The Bertz CT molecular complexity index is 708. The number of rotatable bonds is 6. The topological polar surface area (TPSA) is 34.0 Å². The van der Waals surface area contributed by atoms with Crippen molar-refractivity contribution in [2.24, 2.45) is 0 Å². The third kappa shape index (κ3) is 5.26. The van der Waals surface area contributed by atoms with Gasteiger partial charge in [-0.05, 0) is 37.4 Å². The zero-order chi connectivity index (χ0) is 18.4. The molecule has 0 unspecified atom stereocenters. The van der Waals surface area contributed by atoms with Crippen molar-refractivity contribution in [2.45, 2.75) is 18.4 Å². The lowest BCUT2D eigenvalue weighted by Gasteiger charge is -2.32. The van der Waals surface area contributed by atoms with Crippen LogP contribution in [0.1, 0.15) is 11.1 Å². The molecule has 0 saturated carbocycles. The van der Waals surface area contributed by atoms with Gasteiger partial charge in [0.1, 0.15) is 12.3 Å². The molecule has 0 atom stereocenters. The number of nitrogens with one attached hydrogen (secondary N) is 1. The second-order valence-corrected chi connectivity index (χ2v) is 7.64. The lowest BCUT2D eigenvalue weighted by atomic mass is 10.2. The number of hydrogen-bond donors (Lipinski definition) is 1. The molecule has 0 radical (unpaired) electrons. The van der Waals surface area contributed by atoms with Crippen LogP contribution in [0.5, 0.6) is 5.75 Å². The van der Waals surface area contributed by atoms with Crippen molar-refractivity contribution in [3.63, 3.8) is 0 Å². The molecular weight excluding hydrogens is 344 g/mol. The van der Waals surface area contributed by atoms with Crippen molar-refractivity contribution >= 4 is 17.7 Å². The Balaban J connectivity index is 1.42. The SMILES string of the molecule is CSc1ccc(C[NH+]2CCN(C(=O)COc3ccc(C)cc3)CC2)cc1. The molecule has 1 saturated heterocycles. The molecule has 0 aliphatic carbocycles. The molecule has 1 N–H and O–H groups in total. The van der Waals surface area contributed by atoms with Gasteiger partial charge in [0.15, 0.2) is 6.61 Å². The van der Waals surface area contributed by atoms with Crippen molar-refractivity contribution < 1.29 is 14.4 Å². The normalized spacial score (nSPS) is 15.1. The summed E-state index contributed by atoms with van der Waals surface area (Å²) in [5.41, 5.74) is 2.55. The monoisotopic (exact) mass is 371 g/mol. The Hall–Kier alpha value is -1.98.